The minimum Gasteiger partial charge on any atom is -0.493 e. The number of aryl methyl sites for hydroxylation is 1. The maximum absolute atomic E-state index is 6.26. The van der Waals surface area contributed by atoms with Gasteiger partial charge in [-0.3, -0.25) is 0 Å². The predicted molar refractivity (Wildman–Crippen MR) is 118 cm³/mol. The van der Waals surface area contributed by atoms with Gasteiger partial charge in [-0.1, -0.05) is 13.0 Å². The number of fused-ring (bicyclic) bond motifs is 1. The first kappa shape index (κ1) is 20.4. The first-order chi connectivity index (χ1) is 14.7. The van der Waals surface area contributed by atoms with Crippen molar-refractivity contribution in [3.63, 3.8) is 0 Å². The Bertz CT molecular complexity index is 949. The van der Waals surface area contributed by atoms with Crippen LogP contribution in [0.2, 0.25) is 0 Å². The minimum absolute atomic E-state index is 0.284. The molecule has 3 aliphatic rings. The van der Waals surface area contributed by atoms with Crippen LogP contribution < -0.4 is 14.8 Å². The average Bonchev–Trinajstić information content (AvgIpc) is 3.41. The molecule has 4 rings (SSSR count). The molecule has 2 aliphatic heterocycles. The molecule has 30 heavy (non-hydrogen) atoms. The highest BCUT2D eigenvalue weighted by Gasteiger charge is 2.21. The van der Waals surface area contributed by atoms with Gasteiger partial charge in [0.1, 0.15) is 5.82 Å². The van der Waals surface area contributed by atoms with Gasteiger partial charge in [-0.15, -0.1) is 0 Å². The first-order valence-electron chi connectivity index (χ1n) is 11.0. The molecule has 1 fully saturated rings. The van der Waals surface area contributed by atoms with E-state index < -0.39 is 0 Å². The smallest absolute Gasteiger partial charge is 0.166 e. The highest BCUT2D eigenvalue weighted by molar-refractivity contribution is 5.67. The predicted octanol–water partition coefficient (Wildman–Crippen LogP) is 4.54. The summed E-state index contributed by atoms with van der Waals surface area (Å²) in [6.07, 6.45) is 8.70. The third-order valence-electron chi connectivity index (χ3n) is 5.50. The largest absolute Gasteiger partial charge is 0.493 e. The van der Waals surface area contributed by atoms with Crippen molar-refractivity contribution in [1.29, 1.82) is 0 Å². The monoisotopic (exact) mass is 409 g/mol. The molecule has 2 heterocycles. The van der Waals surface area contributed by atoms with Crippen molar-refractivity contribution in [3.05, 3.63) is 35.9 Å². The van der Waals surface area contributed by atoms with Crippen molar-refractivity contribution in [1.82, 2.24) is 19.5 Å². The van der Waals surface area contributed by atoms with Gasteiger partial charge in [0.25, 0.3) is 0 Å². The lowest BCUT2D eigenvalue weighted by Gasteiger charge is -2.18. The van der Waals surface area contributed by atoms with Crippen LogP contribution in [0.15, 0.2) is 24.5 Å². The molecule has 1 saturated carbocycles. The van der Waals surface area contributed by atoms with Gasteiger partial charge in [0.15, 0.2) is 28.8 Å². The highest BCUT2D eigenvalue weighted by atomic mass is 16.5. The fourth-order valence-corrected chi connectivity index (χ4v) is 4.02. The third-order valence-corrected chi connectivity index (χ3v) is 5.50. The van der Waals surface area contributed by atoms with Crippen molar-refractivity contribution >= 4 is 5.82 Å². The molecule has 0 spiro atoms. The van der Waals surface area contributed by atoms with Crippen LogP contribution in [0.3, 0.4) is 0 Å². The fraction of sp³-hybridized carbons (Fsp3) is 0.522. The third kappa shape index (κ3) is 4.35. The van der Waals surface area contributed by atoms with E-state index in [1.807, 2.05) is 12.4 Å². The molecule has 160 valence electrons. The van der Waals surface area contributed by atoms with E-state index in [-0.39, 0.29) is 6.10 Å². The standard InChI is InChI=1S/C23H31N5O2/c1-4-8-20-26-21-22(24-5-2)25-15-28(23(21)27-20)14-16-11-12-18(29-3)19(13-16)30-17-9-6-7-10-17/h11-13,15,17,24H,4-10,14H2,1-3H3. The van der Waals surface area contributed by atoms with E-state index in [1.165, 1.54) is 12.8 Å². The zero-order chi connectivity index (χ0) is 20.9. The number of anilines is 1. The Morgan fingerprint density at radius 1 is 1.13 bits per heavy atom. The molecule has 0 atom stereocenters. The van der Waals surface area contributed by atoms with Gasteiger partial charge in [-0.05, 0) is 56.7 Å². The van der Waals surface area contributed by atoms with E-state index in [1.54, 1.807) is 7.11 Å². The number of hydrogen-bond donors (Lipinski definition) is 1. The van der Waals surface area contributed by atoms with E-state index in [0.717, 1.165) is 72.5 Å². The quantitative estimate of drug-likeness (QED) is 0.559. The van der Waals surface area contributed by atoms with Crippen molar-refractivity contribution in [3.8, 4) is 23.0 Å². The van der Waals surface area contributed by atoms with E-state index in [2.05, 4.69) is 40.8 Å². The molecule has 1 N–H and O–H groups in total. The maximum Gasteiger partial charge on any atom is 0.166 e. The first-order valence-corrected chi connectivity index (χ1v) is 11.0. The Morgan fingerprint density at radius 3 is 2.70 bits per heavy atom. The molecule has 1 aromatic carbocycles. The minimum atomic E-state index is 0.284. The molecule has 0 amide bonds. The van der Waals surface area contributed by atoms with Crippen LogP contribution in [-0.4, -0.2) is 39.3 Å². The van der Waals surface area contributed by atoms with Gasteiger partial charge in [0.05, 0.1) is 26.1 Å². The molecule has 7 nitrogen and oxygen atoms in total. The van der Waals surface area contributed by atoms with Crippen LogP contribution in [0, 0.1) is 0 Å². The van der Waals surface area contributed by atoms with Crippen LogP contribution in [0.5, 0.6) is 11.5 Å². The summed E-state index contributed by atoms with van der Waals surface area (Å²) < 4.78 is 13.9. The van der Waals surface area contributed by atoms with E-state index in [9.17, 15) is 0 Å². The Kier molecular flexibility index (Phi) is 6.35. The normalized spacial score (nSPS) is 14.4. The van der Waals surface area contributed by atoms with Crippen LogP contribution in [0.25, 0.3) is 11.5 Å². The van der Waals surface area contributed by atoms with E-state index in [0.29, 0.717) is 6.54 Å². The number of methoxy groups -OCH3 is 1. The maximum atomic E-state index is 6.26. The van der Waals surface area contributed by atoms with Crippen LogP contribution >= 0.6 is 0 Å². The topological polar surface area (TPSA) is 74.1 Å². The zero-order valence-corrected chi connectivity index (χ0v) is 18.1. The number of nitrogens with one attached hydrogen (secondary N) is 1. The van der Waals surface area contributed by atoms with Crippen LogP contribution in [0.1, 0.15) is 57.3 Å². The Balaban J connectivity index is 1.63. The molecule has 1 aliphatic carbocycles. The summed E-state index contributed by atoms with van der Waals surface area (Å²) >= 11 is 0. The summed E-state index contributed by atoms with van der Waals surface area (Å²) in [5, 5.41) is 3.30. The Morgan fingerprint density at radius 2 is 1.97 bits per heavy atom. The number of imidazole rings is 1. The summed E-state index contributed by atoms with van der Waals surface area (Å²) in [4.78, 5) is 14.1. The lowest BCUT2D eigenvalue weighted by molar-refractivity contribution is 0.200. The number of benzene rings is 1. The summed E-state index contributed by atoms with van der Waals surface area (Å²) in [7, 11) is 1.69. The number of ether oxygens (including phenoxy) is 2. The SMILES string of the molecule is CCCc1nc2c(NCC)ncn(Cc3ccc(OC)c(OC4CCCC4)c3)c-2n1. The molecular formula is C23H31N5O2. The van der Waals surface area contributed by atoms with Gasteiger partial charge in [-0.25, -0.2) is 15.0 Å². The molecule has 0 unspecified atom stereocenters. The molecule has 0 aromatic heterocycles. The lowest BCUT2D eigenvalue weighted by Crippen LogP contribution is -2.13. The highest BCUT2D eigenvalue weighted by Crippen LogP contribution is 2.33. The lowest BCUT2D eigenvalue weighted by atomic mass is 10.2. The molecule has 7 heteroatoms. The van der Waals surface area contributed by atoms with Crippen molar-refractivity contribution in [2.45, 2.75) is 65.0 Å². The number of hydrogen-bond acceptors (Lipinski definition) is 6. The number of nitrogens with zero attached hydrogens (tertiary/aromatic N) is 4. The number of aromatic nitrogens is 4. The molecule has 1 aromatic rings. The van der Waals surface area contributed by atoms with Crippen molar-refractivity contribution in [2.75, 3.05) is 19.0 Å². The average molecular weight is 410 g/mol. The Labute approximate surface area is 178 Å². The van der Waals surface area contributed by atoms with Gasteiger partial charge < -0.3 is 19.4 Å². The zero-order valence-electron chi connectivity index (χ0n) is 18.1. The van der Waals surface area contributed by atoms with Crippen molar-refractivity contribution < 1.29 is 9.47 Å². The van der Waals surface area contributed by atoms with Crippen LogP contribution in [-0.2, 0) is 13.0 Å². The molecule has 0 bridgehead atoms. The van der Waals surface area contributed by atoms with Crippen LogP contribution in [0.4, 0.5) is 5.82 Å². The summed E-state index contributed by atoms with van der Waals surface area (Å²) in [6.45, 7) is 5.64. The fourth-order valence-electron chi connectivity index (χ4n) is 4.02. The molecule has 0 radical (unpaired) electrons. The van der Waals surface area contributed by atoms with Gasteiger partial charge in [-0.2, -0.15) is 0 Å². The second-order valence-corrected chi connectivity index (χ2v) is 7.82. The van der Waals surface area contributed by atoms with Gasteiger partial charge in [0.2, 0.25) is 0 Å². The summed E-state index contributed by atoms with van der Waals surface area (Å²) in [5.41, 5.74) is 1.95. The Hall–Kier alpha value is -2.83. The second kappa shape index (κ2) is 9.32. The van der Waals surface area contributed by atoms with E-state index >= 15 is 0 Å². The summed E-state index contributed by atoms with van der Waals surface area (Å²) in [6, 6.07) is 6.13. The summed E-state index contributed by atoms with van der Waals surface area (Å²) in [5.74, 6) is 4.11. The van der Waals surface area contributed by atoms with E-state index in [4.69, 9.17) is 19.4 Å². The van der Waals surface area contributed by atoms with Gasteiger partial charge >= 0.3 is 0 Å². The molecule has 0 saturated heterocycles. The van der Waals surface area contributed by atoms with Crippen molar-refractivity contribution in [2.24, 2.45) is 0 Å². The second-order valence-electron chi connectivity index (χ2n) is 7.82. The molecular weight excluding hydrogens is 378 g/mol. The van der Waals surface area contributed by atoms with Gasteiger partial charge in [0, 0.05) is 13.0 Å². The number of rotatable bonds is 9.